The van der Waals surface area contributed by atoms with Crippen LogP contribution in [0.3, 0.4) is 0 Å². The lowest BCUT2D eigenvalue weighted by atomic mass is 10.3. The summed E-state index contributed by atoms with van der Waals surface area (Å²) >= 11 is 3.23. The first-order valence-electron chi connectivity index (χ1n) is 6.06. The molecular weight excluding hydrogens is 320 g/mol. The molecule has 100 valence electrons. The lowest BCUT2D eigenvalue weighted by Gasteiger charge is -2.02. The van der Waals surface area contributed by atoms with Crippen LogP contribution in [0.4, 0.5) is 0 Å². The van der Waals surface area contributed by atoms with Gasteiger partial charge >= 0.3 is 0 Å². The second-order valence-corrected chi connectivity index (χ2v) is 5.07. The summed E-state index contributed by atoms with van der Waals surface area (Å²) in [4.78, 5) is 23.5. The van der Waals surface area contributed by atoms with Gasteiger partial charge in [0.2, 0.25) is 0 Å². The SMILES string of the molecule is O=C(NCc1nc2ccccc2[nH]1)c1ccc(Br)nc1. The maximum atomic E-state index is 11.9. The number of halogens is 1. The fraction of sp³-hybridized carbons (Fsp3) is 0.0714. The number of aromatic amines is 1. The Morgan fingerprint density at radius 2 is 2.10 bits per heavy atom. The van der Waals surface area contributed by atoms with Crippen molar-refractivity contribution >= 4 is 32.9 Å². The maximum absolute atomic E-state index is 11.9. The summed E-state index contributed by atoms with van der Waals surface area (Å²) in [6.45, 7) is 0.351. The van der Waals surface area contributed by atoms with E-state index in [-0.39, 0.29) is 5.91 Å². The summed E-state index contributed by atoms with van der Waals surface area (Å²) in [6.07, 6.45) is 1.53. The zero-order valence-corrected chi connectivity index (χ0v) is 12.0. The molecule has 20 heavy (non-hydrogen) atoms. The molecular formula is C14H11BrN4O. The number of carbonyl (C=O) groups excluding carboxylic acids is 1. The van der Waals surface area contributed by atoms with Gasteiger partial charge in [0.25, 0.3) is 5.91 Å². The van der Waals surface area contributed by atoms with Crippen molar-refractivity contribution in [2.24, 2.45) is 0 Å². The van der Waals surface area contributed by atoms with Crippen molar-refractivity contribution in [2.75, 3.05) is 0 Å². The highest BCUT2D eigenvalue weighted by molar-refractivity contribution is 9.10. The van der Waals surface area contributed by atoms with Crippen LogP contribution in [0.5, 0.6) is 0 Å². The standard InChI is InChI=1S/C14H11BrN4O/c15-12-6-5-9(7-16-12)14(20)17-8-13-18-10-3-1-2-4-11(10)19-13/h1-7H,8H2,(H,17,20)(H,18,19). The van der Waals surface area contributed by atoms with Gasteiger partial charge in [-0.05, 0) is 40.2 Å². The molecule has 2 N–H and O–H groups in total. The number of nitrogens with one attached hydrogen (secondary N) is 2. The van der Waals surface area contributed by atoms with Crippen molar-refractivity contribution in [1.29, 1.82) is 0 Å². The van der Waals surface area contributed by atoms with E-state index in [0.717, 1.165) is 16.9 Å². The van der Waals surface area contributed by atoms with Crippen molar-refractivity contribution in [2.45, 2.75) is 6.54 Å². The second-order valence-electron chi connectivity index (χ2n) is 4.25. The average Bonchev–Trinajstić information content (AvgIpc) is 2.88. The highest BCUT2D eigenvalue weighted by Gasteiger charge is 2.07. The first kappa shape index (κ1) is 12.8. The van der Waals surface area contributed by atoms with Gasteiger partial charge in [0.1, 0.15) is 10.4 Å². The predicted molar refractivity (Wildman–Crippen MR) is 79.2 cm³/mol. The lowest BCUT2D eigenvalue weighted by Crippen LogP contribution is -2.23. The first-order valence-corrected chi connectivity index (χ1v) is 6.85. The number of hydrogen-bond donors (Lipinski definition) is 2. The van der Waals surface area contributed by atoms with Gasteiger partial charge in [-0.15, -0.1) is 0 Å². The Morgan fingerprint density at radius 3 is 2.85 bits per heavy atom. The van der Waals surface area contributed by atoms with Gasteiger partial charge in [-0.25, -0.2) is 9.97 Å². The predicted octanol–water partition coefficient (Wildman–Crippen LogP) is 2.65. The molecule has 5 nitrogen and oxygen atoms in total. The van der Waals surface area contributed by atoms with Gasteiger partial charge in [-0.3, -0.25) is 4.79 Å². The van der Waals surface area contributed by atoms with Gasteiger partial charge < -0.3 is 10.3 Å². The highest BCUT2D eigenvalue weighted by atomic mass is 79.9. The molecule has 0 atom stereocenters. The van der Waals surface area contributed by atoms with E-state index in [2.05, 4.69) is 36.2 Å². The molecule has 0 aliphatic heterocycles. The molecule has 0 spiro atoms. The Morgan fingerprint density at radius 1 is 1.25 bits per heavy atom. The number of aromatic nitrogens is 3. The third-order valence-corrected chi connectivity index (χ3v) is 3.31. The van der Waals surface area contributed by atoms with Crippen LogP contribution < -0.4 is 5.32 Å². The minimum Gasteiger partial charge on any atom is -0.345 e. The molecule has 0 saturated carbocycles. The van der Waals surface area contributed by atoms with Crippen molar-refractivity contribution < 1.29 is 4.79 Å². The molecule has 0 fully saturated rings. The number of H-pyrrole nitrogens is 1. The van der Waals surface area contributed by atoms with E-state index in [0.29, 0.717) is 16.7 Å². The van der Waals surface area contributed by atoms with Gasteiger partial charge in [-0.1, -0.05) is 12.1 Å². The first-order chi connectivity index (χ1) is 9.72. The average molecular weight is 331 g/mol. The van der Waals surface area contributed by atoms with Crippen molar-refractivity contribution in [3.8, 4) is 0 Å². The van der Waals surface area contributed by atoms with Crippen LogP contribution in [0.2, 0.25) is 0 Å². The van der Waals surface area contributed by atoms with Crippen molar-refractivity contribution in [3.05, 3.63) is 58.6 Å². The Hall–Kier alpha value is -2.21. The molecule has 0 aliphatic rings. The number of fused-ring (bicyclic) bond motifs is 1. The fourth-order valence-corrected chi connectivity index (χ4v) is 2.10. The molecule has 0 saturated heterocycles. The molecule has 6 heteroatoms. The van der Waals surface area contributed by atoms with Crippen LogP contribution in [-0.2, 0) is 6.54 Å². The van der Waals surface area contributed by atoms with Gasteiger partial charge in [-0.2, -0.15) is 0 Å². The number of benzene rings is 1. The molecule has 0 unspecified atom stereocenters. The third-order valence-electron chi connectivity index (χ3n) is 2.84. The molecule has 0 radical (unpaired) electrons. The van der Waals surface area contributed by atoms with Crippen LogP contribution in [-0.4, -0.2) is 20.9 Å². The minimum atomic E-state index is -0.176. The van der Waals surface area contributed by atoms with E-state index in [1.54, 1.807) is 12.1 Å². The number of nitrogens with zero attached hydrogens (tertiary/aromatic N) is 2. The topological polar surface area (TPSA) is 70.7 Å². The van der Waals surface area contributed by atoms with Gasteiger partial charge in [0.15, 0.2) is 0 Å². The summed E-state index contributed by atoms with van der Waals surface area (Å²) in [7, 11) is 0. The molecule has 3 rings (SSSR count). The summed E-state index contributed by atoms with van der Waals surface area (Å²) in [5, 5.41) is 2.81. The molecule has 0 aliphatic carbocycles. The Bertz CT molecular complexity index is 718. The molecule has 2 heterocycles. The maximum Gasteiger partial charge on any atom is 0.253 e. The third kappa shape index (κ3) is 2.70. The Labute approximate surface area is 123 Å². The van der Waals surface area contributed by atoms with Crippen molar-refractivity contribution in [1.82, 2.24) is 20.3 Å². The molecule has 1 amide bonds. The van der Waals surface area contributed by atoms with Crippen molar-refractivity contribution in [3.63, 3.8) is 0 Å². The lowest BCUT2D eigenvalue weighted by molar-refractivity contribution is 0.0949. The number of rotatable bonds is 3. The highest BCUT2D eigenvalue weighted by Crippen LogP contribution is 2.10. The second kappa shape index (κ2) is 5.42. The van der Waals surface area contributed by atoms with Crippen LogP contribution >= 0.6 is 15.9 Å². The number of imidazole rings is 1. The van der Waals surface area contributed by atoms with Gasteiger partial charge in [0.05, 0.1) is 23.1 Å². The van der Waals surface area contributed by atoms with Crippen LogP contribution in [0.25, 0.3) is 11.0 Å². The number of para-hydroxylation sites is 2. The smallest absolute Gasteiger partial charge is 0.253 e. The quantitative estimate of drug-likeness (QED) is 0.725. The van der Waals surface area contributed by atoms with Crippen LogP contribution in [0, 0.1) is 0 Å². The Balaban J connectivity index is 1.69. The van der Waals surface area contributed by atoms with E-state index < -0.39 is 0 Å². The van der Waals surface area contributed by atoms with E-state index >= 15 is 0 Å². The monoisotopic (exact) mass is 330 g/mol. The fourth-order valence-electron chi connectivity index (χ4n) is 1.87. The minimum absolute atomic E-state index is 0.176. The van der Waals surface area contributed by atoms with Gasteiger partial charge in [0, 0.05) is 6.20 Å². The number of carbonyl (C=O) groups is 1. The normalized spacial score (nSPS) is 10.7. The summed E-state index contributed by atoms with van der Waals surface area (Å²) in [5.41, 5.74) is 2.37. The number of pyridine rings is 1. The van der Waals surface area contributed by atoms with E-state index in [4.69, 9.17) is 0 Å². The van der Waals surface area contributed by atoms with Crippen LogP contribution in [0.15, 0.2) is 47.2 Å². The van der Waals surface area contributed by atoms with Crippen LogP contribution in [0.1, 0.15) is 16.2 Å². The largest absolute Gasteiger partial charge is 0.345 e. The zero-order valence-electron chi connectivity index (χ0n) is 10.4. The van der Waals surface area contributed by atoms with E-state index in [1.165, 1.54) is 6.20 Å². The summed E-state index contributed by atoms with van der Waals surface area (Å²) in [6, 6.07) is 11.2. The zero-order chi connectivity index (χ0) is 13.9. The van der Waals surface area contributed by atoms with E-state index in [1.807, 2.05) is 24.3 Å². The molecule has 2 aromatic heterocycles. The molecule has 1 aromatic carbocycles. The number of amides is 1. The molecule has 0 bridgehead atoms. The number of hydrogen-bond acceptors (Lipinski definition) is 3. The summed E-state index contributed by atoms with van der Waals surface area (Å²) in [5.74, 6) is 0.551. The summed E-state index contributed by atoms with van der Waals surface area (Å²) < 4.78 is 0.700. The Kier molecular flexibility index (Phi) is 3.47. The van der Waals surface area contributed by atoms with E-state index in [9.17, 15) is 4.79 Å². The molecule has 3 aromatic rings.